The average Bonchev–Trinajstić information content (AvgIpc) is 2.51. The number of aliphatic hydroxyl groups excluding tert-OH is 1. The first-order valence-electron chi connectivity index (χ1n) is 6.32. The monoisotopic (exact) mass is 284 g/mol. The third kappa shape index (κ3) is 1.75. The summed E-state index contributed by atoms with van der Waals surface area (Å²) in [7, 11) is 1.41. The molecule has 3 rings (SSSR count). The Hall–Kier alpha value is -2.66. The van der Waals surface area contributed by atoms with Gasteiger partial charge < -0.3 is 14.9 Å². The summed E-state index contributed by atoms with van der Waals surface area (Å²) in [5.41, 5.74) is 0.651. The van der Waals surface area contributed by atoms with E-state index < -0.39 is 12.4 Å². The first kappa shape index (κ1) is 13.3. The lowest BCUT2D eigenvalue weighted by atomic mass is 9.82. The lowest BCUT2D eigenvalue weighted by Gasteiger charge is -2.21. The van der Waals surface area contributed by atoms with Crippen molar-refractivity contribution < 1.29 is 24.5 Å². The van der Waals surface area contributed by atoms with Crippen molar-refractivity contribution in [2.24, 2.45) is 0 Å². The normalized spacial score (nSPS) is 12.9. The van der Waals surface area contributed by atoms with Crippen molar-refractivity contribution in [1.29, 1.82) is 0 Å². The fourth-order valence-corrected chi connectivity index (χ4v) is 2.58. The SMILES string of the molecule is COc1cccc2c1C(=O)c1c(ccc(CO)c1O)C2=O. The summed E-state index contributed by atoms with van der Waals surface area (Å²) in [6.07, 6.45) is 0. The van der Waals surface area contributed by atoms with Crippen molar-refractivity contribution in [3.05, 3.63) is 58.1 Å². The fourth-order valence-electron chi connectivity index (χ4n) is 2.58. The highest BCUT2D eigenvalue weighted by Crippen LogP contribution is 2.38. The molecule has 2 aromatic rings. The van der Waals surface area contributed by atoms with Gasteiger partial charge in [-0.3, -0.25) is 9.59 Å². The number of rotatable bonds is 2. The highest BCUT2D eigenvalue weighted by atomic mass is 16.5. The summed E-state index contributed by atoms with van der Waals surface area (Å²) in [5.74, 6) is -0.904. The lowest BCUT2D eigenvalue weighted by molar-refractivity contribution is 0.0973. The molecule has 0 aromatic heterocycles. The standard InChI is InChI=1S/C16H12O5/c1-21-11-4-2-3-9-12(11)16(20)13-10(15(9)19)6-5-8(7-17)14(13)18/h2-6,17-18H,7H2,1H3. The number of ketones is 2. The zero-order valence-electron chi connectivity index (χ0n) is 11.2. The Morgan fingerprint density at radius 3 is 2.38 bits per heavy atom. The van der Waals surface area contributed by atoms with Crippen LogP contribution in [0.3, 0.4) is 0 Å². The minimum atomic E-state index is -0.482. The van der Waals surface area contributed by atoms with Gasteiger partial charge in [0.25, 0.3) is 0 Å². The largest absolute Gasteiger partial charge is 0.507 e. The Morgan fingerprint density at radius 2 is 1.71 bits per heavy atom. The molecule has 0 atom stereocenters. The second kappa shape index (κ2) is 4.71. The van der Waals surface area contributed by atoms with Gasteiger partial charge in [0.15, 0.2) is 5.78 Å². The molecular weight excluding hydrogens is 272 g/mol. The summed E-state index contributed by atoms with van der Waals surface area (Å²) in [6, 6.07) is 7.66. The molecule has 5 nitrogen and oxygen atoms in total. The molecule has 1 aliphatic rings. The molecule has 0 spiro atoms. The first-order chi connectivity index (χ1) is 10.1. The van der Waals surface area contributed by atoms with Gasteiger partial charge in [0.05, 0.1) is 24.8 Å². The number of phenols is 1. The number of hydrogen-bond acceptors (Lipinski definition) is 5. The van der Waals surface area contributed by atoms with Gasteiger partial charge in [-0.2, -0.15) is 0 Å². The molecule has 2 N–H and O–H groups in total. The molecule has 0 heterocycles. The zero-order valence-corrected chi connectivity index (χ0v) is 11.2. The summed E-state index contributed by atoms with van der Waals surface area (Å²) in [5, 5.41) is 19.3. The van der Waals surface area contributed by atoms with Crippen LogP contribution < -0.4 is 4.74 Å². The van der Waals surface area contributed by atoms with Crippen molar-refractivity contribution in [2.75, 3.05) is 7.11 Å². The second-order valence-corrected chi connectivity index (χ2v) is 4.70. The Balaban J connectivity index is 2.34. The zero-order chi connectivity index (χ0) is 15.1. The number of hydrogen-bond donors (Lipinski definition) is 2. The van der Waals surface area contributed by atoms with E-state index in [1.807, 2.05) is 0 Å². The predicted molar refractivity (Wildman–Crippen MR) is 73.9 cm³/mol. The van der Waals surface area contributed by atoms with Crippen LogP contribution in [0.4, 0.5) is 0 Å². The molecule has 2 aromatic carbocycles. The second-order valence-electron chi connectivity index (χ2n) is 4.70. The smallest absolute Gasteiger partial charge is 0.201 e. The van der Waals surface area contributed by atoms with Gasteiger partial charge in [-0.25, -0.2) is 0 Å². The first-order valence-corrected chi connectivity index (χ1v) is 6.32. The molecule has 0 saturated heterocycles. The van der Waals surface area contributed by atoms with Gasteiger partial charge in [-0.05, 0) is 12.1 Å². The van der Waals surface area contributed by atoms with Crippen molar-refractivity contribution in [3.63, 3.8) is 0 Å². The summed E-state index contributed by atoms with van der Waals surface area (Å²) < 4.78 is 5.14. The fraction of sp³-hybridized carbons (Fsp3) is 0.125. The molecule has 5 heteroatoms. The van der Waals surface area contributed by atoms with E-state index in [9.17, 15) is 19.8 Å². The van der Waals surface area contributed by atoms with E-state index in [2.05, 4.69) is 0 Å². The molecule has 106 valence electrons. The number of methoxy groups -OCH3 is 1. The van der Waals surface area contributed by atoms with Gasteiger partial charge in [-0.15, -0.1) is 0 Å². The molecule has 0 aliphatic heterocycles. The summed E-state index contributed by atoms with van der Waals surface area (Å²) in [4.78, 5) is 25.1. The van der Waals surface area contributed by atoms with E-state index in [4.69, 9.17) is 4.74 Å². The van der Waals surface area contributed by atoms with Crippen LogP contribution in [-0.4, -0.2) is 28.9 Å². The molecule has 0 radical (unpaired) electrons. The van der Waals surface area contributed by atoms with E-state index in [1.165, 1.54) is 19.2 Å². The van der Waals surface area contributed by atoms with Crippen molar-refractivity contribution in [3.8, 4) is 11.5 Å². The van der Waals surface area contributed by atoms with Crippen molar-refractivity contribution in [1.82, 2.24) is 0 Å². The van der Waals surface area contributed by atoms with Gasteiger partial charge in [0, 0.05) is 16.7 Å². The predicted octanol–water partition coefficient (Wildman–Crippen LogP) is 1.67. The Kier molecular flexibility index (Phi) is 2.99. The number of fused-ring (bicyclic) bond motifs is 2. The molecule has 0 fully saturated rings. The maximum Gasteiger partial charge on any atom is 0.201 e. The van der Waals surface area contributed by atoms with Crippen LogP contribution in [-0.2, 0) is 6.61 Å². The third-order valence-corrected chi connectivity index (χ3v) is 3.62. The van der Waals surface area contributed by atoms with Crippen LogP contribution >= 0.6 is 0 Å². The molecule has 0 unspecified atom stereocenters. The van der Waals surface area contributed by atoms with Crippen molar-refractivity contribution >= 4 is 11.6 Å². The molecule has 0 bridgehead atoms. The third-order valence-electron chi connectivity index (χ3n) is 3.62. The minimum Gasteiger partial charge on any atom is -0.507 e. The molecule has 1 aliphatic carbocycles. The molecular formula is C16H12O5. The van der Waals surface area contributed by atoms with Crippen LogP contribution in [0.25, 0.3) is 0 Å². The van der Waals surface area contributed by atoms with E-state index in [0.29, 0.717) is 0 Å². The topological polar surface area (TPSA) is 83.8 Å². The Labute approximate surface area is 120 Å². The quantitative estimate of drug-likeness (QED) is 0.748. The Morgan fingerprint density at radius 1 is 1.00 bits per heavy atom. The van der Waals surface area contributed by atoms with Gasteiger partial charge >= 0.3 is 0 Å². The lowest BCUT2D eigenvalue weighted by Crippen LogP contribution is -2.22. The van der Waals surface area contributed by atoms with E-state index in [0.717, 1.165) is 0 Å². The van der Waals surface area contributed by atoms with Crippen LogP contribution in [0.2, 0.25) is 0 Å². The number of ether oxygens (including phenoxy) is 1. The minimum absolute atomic E-state index is 0.0800. The number of benzene rings is 2. The molecule has 21 heavy (non-hydrogen) atoms. The maximum atomic E-state index is 12.6. The van der Waals surface area contributed by atoms with Crippen LogP contribution in [0.5, 0.6) is 11.5 Å². The van der Waals surface area contributed by atoms with Crippen LogP contribution in [0, 0.1) is 0 Å². The highest BCUT2D eigenvalue weighted by Gasteiger charge is 2.34. The van der Waals surface area contributed by atoms with Crippen LogP contribution in [0.15, 0.2) is 30.3 Å². The van der Waals surface area contributed by atoms with Gasteiger partial charge in [0.1, 0.15) is 11.5 Å². The number of aliphatic hydroxyl groups is 1. The number of aromatic hydroxyl groups is 1. The highest BCUT2D eigenvalue weighted by molar-refractivity contribution is 6.30. The van der Waals surface area contributed by atoms with Crippen LogP contribution in [0.1, 0.15) is 37.4 Å². The van der Waals surface area contributed by atoms with E-state index >= 15 is 0 Å². The summed E-state index contributed by atoms with van der Waals surface area (Å²) >= 11 is 0. The molecule has 0 amide bonds. The van der Waals surface area contributed by atoms with E-state index in [1.54, 1.807) is 18.2 Å². The van der Waals surface area contributed by atoms with Crippen molar-refractivity contribution in [2.45, 2.75) is 6.61 Å². The Bertz CT molecular complexity index is 776. The van der Waals surface area contributed by atoms with Gasteiger partial charge in [0.2, 0.25) is 5.78 Å². The molecule has 0 saturated carbocycles. The maximum absolute atomic E-state index is 12.6. The van der Waals surface area contributed by atoms with Gasteiger partial charge in [-0.1, -0.05) is 18.2 Å². The van der Waals surface area contributed by atoms with E-state index in [-0.39, 0.29) is 45.1 Å². The number of carbonyl (C=O) groups excluding carboxylic acids is 2. The average molecular weight is 284 g/mol. The number of carbonyl (C=O) groups is 2. The summed E-state index contributed by atoms with van der Waals surface area (Å²) in [6.45, 7) is -0.417.